The van der Waals surface area contributed by atoms with E-state index in [4.69, 9.17) is 10.5 Å². The van der Waals surface area contributed by atoms with Crippen LogP contribution < -0.4 is 10.6 Å². The number of aldehydes is 1. The molecule has 0 saturated carbocycles. The smallest absolute Gasteiger partial charge is 0.303 e. The molecule has 0 aliphatic carbocycles. The molecule has 0 saturated heterocycles. The Labute approximate surface area is 197 Å². The van der Waals surface area contributed by atoms with Gasteiger partial charge in [-0.15, -0.1) is 11.8 Å². The Morgan fingerprint density at radius 1 is 1.16 bits per heavy atom. The van der Waals surface area contributed by atoms with E-state index in [2.05, 4.69) is 27.7 Å². The molecule has 0 spiro atoms. The number of hydrogen-bond donors (Lipinski definition) is 1. The lowest BCUT2D eigenvalue weighted by Crippen LogP contribution is -2.34. The molecule has 0 radical (unpaired) electrons. The summed E-state index contributed by atoms with van der Waals surface area (Å²) in [6.45, 7) is 15.6. The molecule has 32 heavy (non-hydrogen) atoms. The van der Waals surface area contributed by atoms with Gasteiger partial charge in [0, 0.05) is 45.0 Å². The van der Waals surface area contributed by atoms with Gasteiger partial charge in [0.15, 0.2) is 12.4 Å². The Balaban J connectivity index is 0.00000172. The number of methoxy groups -OCH3 is 1. The van der Waals surface area contributed by atoms with Crippen molar-refractivity contribution in [2.45, 2.75) is 37.0 Å². The SMILES string of the molecule is C=C(C)C(Sc1ccccc1N(C)CCN(C)CCN)C(C=O)OC(C)=O.C=C(C)OC. The lowest BCUT2D eigenvalue weighted by Gasteiger charge is -2.28. The van der Waals surface area contributed by atoms with Crippen LogP contribution >= 0.6 is 11.8 Å². The van der Waals surface area contributed by atoms with Gasteiger partial charge < -0.3 is 25.0 Å². The van der Waals surface area contributed by atoms with Crippen LogP contribution in [0.3, 0.4) is 0 Å². The Morgan fingerprint density at radius 2 is 1.75 bits per heavy atom. The number of rotatable bonds is 13. The number of ether oxygens (including phenoxy) is 2. The normalized spacial score (nSPS) is 12.1. The van der Waals surface area contributed by atoms with Crippen molar-refractivity contribution in [3.63, 3.8) is 0 Å². The highest BCUT2D eigenvalue weighted by atomic mass is 32.2. The van der Waals surface area contributed by atoms with Gasteiger partial charge in [-0.05, 0) is 33.0 Å². The lowest BCUT2D eigenvalue weighted by molar-refractivity contribution is -0.148. The molecule has 0 aliphatic rings. The molecule has 2 atom stereocenters. The maximum atomic E-state index is 11.5. The number of likely N-dealkylation sites (N-methyl/N-ethyl adjacent to an activating group) is 2. The Bertz CT molecular complexity index is 742. The Kier molecular flexibility index (Phi) is 15.2. The number of allylic oxidation sites excluding steroid dienone is 1. The van der Waals surface area contributed by atoms with Crippen molar-refractivity contribution < 1.29 is 19.1 Å². The molecule has 8 heteroatoms. The fourth-order valence-electron chi connectivity index (χ4n) is 2.58. The van der Waals surface area contributed by atoms with E-state index in [1.54, 1.807) is 14.0 Å². The van der Waals surface area contributed by atoms with Crippen molar-refractivity contribution in [2.24, 2.45) is 5.73 Å². The van der Waals surface area contributed by atoms with Gasteiger partial charge >= 0.3 is 5.97 Å². The second kappa shape index (κ2) is 16.4. The average Bonchev–Trinajstić information content (AvgIpc) is 2.74. The number of hydrogen-bond acceptors (Lipinski definition) is 8. The molecule has 0 fully saturated rings. The first kappa shape index (κ1) is 29.7. The van der Waals surface area contributed by atoms with Crippen LogP contribution in [0, 0.1) is 0 Å². The fraction of sp³-hybridized carbons (Fsp3) is 0.500. The number of carbonyl (C=O) groups excluding carboxylic acids is 2. The predicted molar refractivity (Wildman–Crippen MR) is 134 cm³/mol. The summed E-state index contributed by atoms with van der Waals surface area (Å²) in [4.78, 5) is 28.2. The molecule has 0 amide bonds. The van der Waals surface area contributed by atoms with E-state index in [-0.39, 0.29) is 5.25 Å². The standard InChI is InChI=1S/C20H31N3O3S.C4H8O/c1-15(2)20(18(14-24)26-16(3)25)27-19-9-7-6-8-17(19)23(5)13-12-22(4)11-10-21;1-4(2)5-3/h6-9,14,18,20H,1,10-13,21H2,2-5H3;1H2,2-3H3. The molecule has 2 N–H and O–H groups in total. The van der Waals surface area contributed by atoms with Gasteiger partial charge in [0.05, 0.1) is 23.8 Å². The van der Waals surface area contributed by atoms with Crippen LogP contribution in [-0.2, 0) is 19.1 Å². The molecule has 0 aliphatic heterocycles. The van der Waals surface area contributed by atoms with Crippen LogP contribution in [0.5, 0.6) is 0 Å². The van der Waals surface area contributed by atoms with Gasteiger partial charge in [-0.25, -0.2) is 0 Å². The zero-order chi connectivity index (χ0) is 24.7. The summed E-state index contributed by atoms with van der Waals surface area (Å²) >= 11 is 1.49. The number of benzene rings is 1. The van der Waals surface area contributed by atoms with Crippen LogP contribution in [0.4, 0.5) is 5.69 Å². The van der Waals surface area contributed by atoms with Crippen molar-refractivity contribution in [3.8, 4) is 0 Å². The summed E-state index contributed by atoms with van der Waals surface area (Å²) in [6.07, 6.45) is -0.193. The molecule has 2 unspecified atom stereocenters. The molecular weight excluding hydrogens is 426 g/mol. The monoisotopic (exact) mass is 465 g/mol. The van der Waals surface area contributed by atoms with Gasteiger partial charge in [-0.3, -0.25) is 9.59 Å². The largest absolute Gasteiger partial charge is 0.502 e. The minimum Gasteiger partial charge on any atom is -0.502 e. The van der Waals surface area contributed by atoms with Crippen LogP contribution in [-0.4, -0.2) is 75.9 Å². The van der Waals surface area contributed by atoms with Gasteiger partial charge in [-0.1, -0.05) is 30.9 Å². The minimum atomic E-state index is -0.862. The maximum absolute atomic E-state index is 11.5. The zero-order valence-corrected chi connectivity index (χ0v) is 21.1. The maximum Gasteiger partial charge on any atom is 0.303 e. The predicted octanol–water partition coefficient (Wildman–Crippen LogP) is 3.35. The van der Waals surface area contributed by atoms with Crippen LogP contribution in [0.25, 0.3) is 0 Å². The molecule has 7 nitrogen and oxygen atoms in total. The molecule has 0 heterocycles. The third-order valence-electron chi connectivity index (χ3n) is 4.43. The van der Waals surface area contributed by atoms with Gasteiger partial charge in [0.25, 0.3) is 0 Å². The molecule has 1 aromatic rings. The lowest BCUT2D eigenvalue weighted by atomic mass is 10.1. The zero-order valence-electron chi connectivity index (χ0n) is 20.3. The van der Waals surface area contributed by atoms with Crippen molar-refractivity contribution in [2.75, 3.05) is 52.3 Å². The first-order chi connectivity index (χ1) is 15.1. The van der Waals surface area contributed by atoms with Crippen LogP contribution in [0.1, 0.15) is 20.8 Å². The summed E-state index contributed by atoms with van der Waals surface area (Å²) in [6, 6.07) is 7.99. The van der Waals surface area contributed by atoms with E-state index in [9.17, 15) is 9.59 Å². The number of carbonyl (C=O) groups is 2. The van der Waals surface area contributed by atoms with Crippen molar-refractivity contribution in [3.05, 3.63) is 48.8 Å². The average molecular weight is 466 g/mol. The third-order valence-corrected chi connectivity index (χ3v) is 5.95. The van der Waals surface area contributed by atoms with E-state index in [0.717, 1.165) is 41.5 Å². The third kappa shape index (κ3) is 11.9. The van der Waals surface area contributed by atoms with Crippen LogP contribution in [0.2, 0.25) is 0 Å². The van der Waals surface area contributed by atoms with Gasteiger partial charge in [0.1, 0.15) is 0 Å². The second-order valence-corrected chi connectivity index (χ2v) is 8.67. The molecular formula is C24H39N3O4S. The summed E-state index contributed by atoms with van der Waals surface area (Å²) in [5.41, 5.74) is 7.43. The highest BCUT2D eigenvalue weighted by Gasteiger charge is 2.27. The van der Waals surface area contributed by atoms with Gasteiger partial charge in [0.2, 0.25) is 0 Å². The van der Waals surface area contributed by atoms with E-state index in [1.165, 1.54) is 18.7 Å². The van der Waals surface area contributed by atoms with Crippen LogP contribution in [0.15, 0.2) is 53.7 Å². The van der Waals surface area contributed by atoms with Crippen molar-refractivity contribution >= 4 is 29.7 Å². The molecule has 0 aromatic heterocycles. The van der Waals surface area contributed by atoms with Crippen molar-refractivity contribution in [1.29, 1.82) is 0 Å². The summed E-state index contributed by atoms with van der Waals surface area (Å²) in [5.74, 6) is 0.275. The minimum absolute atomic E-state index is 0.346. The van der Waals surface area contributed by atoms with Crippen molar-refractivity contribution in [1.82, 2.24) is 4.90 Å². The fourth-order valence-corrected chi connectivity index (χ4v) is 3.81. The highest BCUT2D eigenvalue weighted by molar-refractivity contribution is 8.00. The quantitative estimate of drug-likeness (QED) is 0.156. The number of nitrogens with zero attached hydrogens (tertiary/aromatic N) is 2. The summed E-state index contributed by atoms with van der Waals surface area (Å²) in [7, 11) is 5.68. The molecule has 1 rings (SSSR count). The molecule has 0 bridgehead atoms. The Hall–Kier alpha value is -2.29. The van der Waals surface area contributed by atoms with E-state index < -0.39 is 12.1 Å². The second-order valence-electron chi connectivity index (χ2n) is 7.48. The summed E-state index contributed by atoms with van der Waals surface area (Å²) in [5, 5.41) is -0.346. The number of anilines is 1. The first-order valence-electron chi connectivity index (χ1n) is 10.4. The van der Waals surface area contributed by atoms with Gasteiger partial charge in [-0.2, -0.15) is 0 Å². The topological polar surface area (TPSA) is 85.1 Å². The number of para-hydroxylation sites is 1. The molecule has 180 valence electrons. The van der Waals surface area contributed by atoms with E-state index >= 15 is 0 Å². The molecule has 1 aromatic carbocycles. The summed E-state index contributed by atoms with van der Waals surface area (Å²) < 4.78 is 9.74. The van der Waals surface area contributed by atoms with E-state index in [0.29, 0.717) is 12.8 Å². The highest BCUT2D eigenvalue weighted by Crippen LogP contribution is 2.36. The Morgan fingerprint density at radius 3 is 2.22 bits per heavy atom. The number of thioether (sulfide) groups is 1. The van der Waals surface area contributed by atoms with E-state index in [1.807, 2.05) is 45.3 Å². The number of esters is 1. The number of nitrogens with two attached hydrogens (primary N) is 1. The first-order valence-corrected chi connectivity index (χ1v) is 11.3.